The van der Waals surface area contributed by atoms with Crippen molar-refractivity contribution in [1.82, 2.24) is 15.2 Å². The number of thiophene rings is 1. The quantitative estimate of drug-likeness (QED) is 0.603. The molecule has 2 aromatic heterocycles. The molecule has 0 radical (unpaired) electrons. The first-order valence-corrected chi connectivity index (χ1v) is 11.6. The van der Waals surface area contributed by atoms with Crippen LogP contribution < -0.4 is 5.32 Å². The number of hydrogen-bond acceptors (Lipinski definition) is 5. The van der Waals surface area contributed by atoms with Crippen LogP contribution in [0.1, 0.15) is 46.6 Å². The largest absolute Gasteiger partial charge is 0.395 e. The van der Waals surface area contributed by atoms with Crippen LogP contribution >= 0.6 is 11.3 Å². The summed E-state index contributed by atoms with van der Waals surface area (Å²) in [5.41, 5.74) is 2.24. The molecule has 0 spiro atoms. The fourth-order valence-electron chi connectivity index (χ4n) is 4.35. The van der Waals surface area contributed by atoms with Crippen molar-refractivity contribution in [3.05, 3.63) is 64.8 Å². The maximum absolute atomic E-state index is 12.8. The highest BCUT2D eigenvalue weighted by atomic mass is 32.1. The zero-order valence-corrected chi connectivity index (χ0v) is 18.0. The van der Waals surface area contributed by atoms with Crippen molar-refractivity contribution in [3.63, 3.8) is 0 Å². The second kappa shape index (κ2) is 10.2. The summed E-state index contributed by atoms with van der Waals surface area (Å²) in [6.07, 6.45) is 7.53. The molecule has 0 bridgehead atoms. The van der Waals surface area contributed by atoms with Gasteiger partial charge in [-0.05, 0) is 55.0 Å². The number of fused-ring (bicyclic) bond motifs is 1. The molecule has 0 aliphatic carbocycles. The zero-order valence-electron chi connectivity index (χ0n) is 17.2. The number of hydrogen-bond donors (Lipinski definition) is 2. The van der Waals surface area contributed by atoms with Crippen molar-refractivity contribution in [2.75, 3.05) is 19.7 Å². The molecule has 0 saturated carbocycles. The van der Waals surface area contributed by atoms with Gasteiger partial charge in [0.15, 0.2) is 0 Å². The minimum Gasteiger partial charge on any atom is -0.395 e. The van der Waals surface area contributed by atoms with E-state index in [2.05, 4.69) is 33.4 Å². The number of nitrogens with one attached hydrogen (secondary N) is 1. The van der Waals surface area contributed by atoms with Crippen molar-refractivity contribution >= 4 is 27.3 Å². The lowest BCUT2D eigenvalue weighted by atomic mass is 9.97. The Balaban J connectivity index is 1.64. The van der Waals surface area contributed by atoms with E-state index in [1.54, 1.807) is 11.3 Å². The second-order valence-electron chi connectivity index (χ2n) is 7.88. The SMILES string of the molecule is O=C(NCCO)c1sc2ccccc2c1C[C@@H]1CCCCCN1Cc1ccccn1. The minimum absolute atomic E-state index is 0.0492. The van der Waals surface area contributed by atoms with E-state index in [0.717, 1.165) is 46.8 Å². The van der Waals surface area contributed by atoms with Crippen molar-refractivity contribution in [2.45, 2.75) is 44.7 Å². The van der Waals surface area contributed by atoms with Gasteiger partial charge in [-0.1, -0.05) is 37.1 Å². The Morgan fingerprint density at radius 1 is 1.17 bits per heavy atom. The van der Waals surface area contributed by atoms with Crippen molar-refractivity contribution in [3.8, 4) is 0 Å². The van der Waals surface area contributed by atoms with Gasteiger partial charge in [0.1, 0.15) is 0 Å². The number of benzene rings is 1. The number of rotatable bonds is 7. The molecule has 1 atom stereocenters. The normalized spacial score (nSPS) is 17.7. The fraction of sp³-hybridized carbons (Fsp3) is 0.417. The van der Waals surface area contributed by atoms with Crippen LogP contribution in [0.3, 0.4) is 0 Å². The minimum atomic E-state index is -0.0786. The van der Waals surface area contributed by atoms with Gasteiger partial charge >= 0.3 is 0 Å². The summed E-state index contributed by atoms with van der Waals surface area (Å²) in [5.74, 6) is -0.0786. The maximum atomic E-state index is 12.8. The van der Waals surface area contributed by atoms with Gasteiger partial charge in [-0.25, -0.2) is 0 Å². The molecule has 1 aliphatic rings. The third kappa shape index (κ3) is 4.89. The predicted octanol–water partition coefficient (Wildman–Crippen LogP) is 4.01. The molecule has 1 aromatic carbocycles. The monoisotopic (exact) mass is 423 g/mol. The highest BCUT2D eigenvalue weighted by Crippen LogP contribution is 2.34. The molecule has 5 nitrogen and oxygen atoms in total. The Hall–Kier alpha value is -2.28. The number of carbonyl (C=O) groups is 1. The predicted molar refractivity (Wildman–Crippen MR) is 122 cm³/mol. The van der Waals surface area contributed by atoms with Crippen LogP contribution in [0, 0.1) is 0 Å². The first-order chi connectivity index (χ1) is 14.8. The van der Waals surface area contributed by atoms with Crippen LogP contribution in [-0.4, -0.2) is 46.6 Å². The summed E-state index contributed by atoms with van der Waals surface area (Å²) < 4.78 is 1.14. The van der Waals surface area contributed by atoms with Gasteiger partial charge in [-0.2, -0.15) is 0 Å². The van der Waals surface area contributed by atoms with Crippen molar-refractivity contribution in [1.29, 1.82) is 0 Å². The van der Waals surface area contributed by atoms with E-state index in [-0.39, 0.29) is 19.1 Å². The van der Waals surface area contributed by atoms with Gasteiger partial charge in [0.2, 0.25) is 0 Å². The van der Waals surface area contributed by atoms with Crippen LogP contribution in [0.15, 0.2) is 48.7 Å². The highest BCUT2D eigenvalue weighted by Gasteiger charge is 2.26. The van der Waals surface area contributed by atoms with E-state index in [1.165, 1.54) is 24.6 Å². The molecular formula is C24H29N3O2S. The lowest BCUT2D eigenvalue weighted by Gasteiger charge is -2.30. The molecule has 3 heterocycles. The Morgan fingerprint density at radius 2 is 2.03 bits per heavy atom. The number of pyridine rings is 1. The summed E-state index contributed by atoms with van der Waals surface area (Å²) in [6.45, 7) is 2.14. The molecule has 2 N–H and O–H groups in total. The van der Waals surface area contributed by atoms with E-state index in [1.807, 2.05) is 30.5 Å². The molecule has 3 aromatic rings. The first-order valence-electron chi connectivity index (χ1n) is 10.8. The van der Waals surface area contributed by atoms with Crippen LogP contribution in [0.4, 0.5) is 0 Å². The summed E-state index contributed by atoms with van der Waals surface area (Å²) in [4.78, 5) is 20.7. The smallest absolute Gasteiger partial charge is 0.261 e. The van der Waals surface area contributed by atoms with Crippen LogP contribution in [0.5, 0.6) is 0 Å². The van der Waals surface area contributed by atoms with E-state index < -0.39 is 0 Å². The number of aliphatic hydroxyl groups is 1. The molecule has 0 unspecified atom stereocenters. The zero-order chi connectivity index (χ0) is 20.8. The fourth-order valence-corrected chi connectivity index (χ4v) is 5.50. The van der Waals surface area contributed by atoms with Crippen LogP contribution in [0.25, 0.3) is 10.1 Å². The van der Waals surface area contributed by atoms with Crippen LogP contribution in [-0.2, 0) is 13.0 Å². The second-order valence-corrected chi connectivity index (χ2v) is 8.94. The van der Waals surface area contributed by atoms with Gasteiger partial charge < -0.3 is 10.4 Å². The highest BCUT2D eigenvalue weighted by molar-refractivity contribution is 7.21. The molecule has 4 rings (SSSR count). The first kappa shape index (κ1) is 21.0. The number of likely N-dealkylation sites (tertiary alicyclic amines) is 1. The lowest BCUT2D eigenvalue weighted by molar-refractivity contribution is 0.0947. The number of nitrogens with zero attached hydrogens (tertiary/aromatic N) is 2. The van der Waals surface area contributed by atoms with Crippen molar-refractivity contribution < 1.29 is 9.90 Å². The summed E-state index contributed by atoms with van der Waals surface area (Å²) in [7, 11) is 0. The van der Waals surface area contributed by atoms with Gasteiger partial charge in [0.25, 0.3) is 5.91 Å². The van der Waals surface area contributed by atoms with E-state index in [4.69, 9.17) is 5.11 Å². The van der Waals surface area contributed by atoms with Gasteiger partial charge in [0.05, 0.1) is 17.2 Å². The van der Waals surface area contributed by atoms with E-state index in [9.17, 15) is 4.79 Å². The van der Waals surface area contributed by atoms with E-state index in [0.29, 0.717) is 6.04 Å². The lowest BCUT2D eigenvalue weighted by Crippen LogP contribution is -2.36. The van der Waals surface area contributed by atoms with E-state index >= 15 is 0 Å². The van der Waals surface area contributed by atoms with Gasteiger partial charge in [-0.3, -0.25) is 14.7 Å². The van der Waals surface area contributed by atoms with Crippen molar-refractivity contribution in [2.24, 2.45) is 0 Å². The topological polar surface area (TPSA) is 65.5 Å². The van der Waals surface area contributed by atoms with Gasteiger partial charge in [0, 0.05) is 30.0 Å². The summed E-state index contributed by atoms with van der Waals surface area (Å²) in [5, 5.41) is 13.1. The average molecular weight is 424 g/mol. The number of aliphatic hydroxyl groups excluding tert-OH is 1. The standard InChI is InChI=1S/C24H29N3O2S/c28-15-13-26-24(29)23-21(20-10-3-4-11-22(20)30-23)16-19-9-2-1-7-14-27(19)17-18-8-5-6-12-25-18/h3-6,8,10-12,19,28H,1-2,7,9,13-17H2,(H,26,29)/t19-/m0/s1. The molecule has 1 amide bonds. The Morgan fingerprint density at radius 3 is 2.87 bits per heavy atom. The molecule has 1 aliphatic heterocycles. The number of aromatic nitrogens is 1. The molecule has 1 fully saturated rings. The summed E-state index contributed by atoms with van der Waals surface area (Å²) in [6, 6.07) is 14.8. The molecule has 30 heavy (non-hydrogen) atoms. The van der Waals surface area contributed by atoms with Gasteiger partial charge in [-0.15, -0.1) is 11.3 Å². The summed E-state index contributed by atoms with van der Waals surface area (Å²) >= 11 is 1.56. The molecule has 6 heteroatoms. The number of carbonyl (C=O) groups excluding carboxylic acids is 1. The Labute approximate surface area is 181 Å². The third-order valence-electron chi connectivity index (χ3n) is 5.83. The molecular weight excluding hydrogens is 394 g/mol. The Kier molecular flexibility index (Phi) is 7.10. The molecule has 158 valence electrons. The average Bonchev–Trinajstić information content (AvgIpc) is 3.00. The number of amides is 1. The third-order valence-corrected chi connectivity index (χ3v) is 7.04. The maximum Gasteiger partial charge on any atom is 0.261 e. The Bertz CT molecular complexity index is 973. The molecule has 1 saturated heterocycles. The van der Waals surface area contributed by atoms with Crippen LogP contribution in [0.2, 0.25) is 0 Å².